The highest BCUT2D eigenvalue weighted by molar-refractivity contribution is 6.35. The molecule has 0 N–H and O–H groups in total. The van der Waals surface area contributed by atoms with E-state index >= 15 is 0 Å². The Morgan fingerprint density at radius 1 is 0.900 bits per heavy atom. The van der Waals surface area contributed by atoms with Crippen LogP contribution in [0.5, 0.6) is 5.75 Å². The van der Waals surface area contributed by atoms with Gasteiger partial charge in [0.15, 0.2) is 0 Å². The Morgan fingerprint density at radius 2 is 1.63 bits per heavy atom. The van der Waals surface area contributed by atoms with Crippen LogP contribution in [-0.2, 0) is 22.6 Å². The SMILES string of the molecule is CCCOc1ccc(C2=C(N3CCc4ccccc4C3)C(=O)N(CCC)C2=O)cc1. The average Bonchev–Trinajstić information content (AvgIpc) is 3.03. The van der Waals surface area contributed by atoms with Crippen LogP contribution in [0.2, 0.25) is 0 Å². The summed E-state index contributed by atoms with van der Waals surface area (Å²) < 4.78 is 5.67. The van der Waals surface area contributed by atoms with Crippen LogP contribution in [0.25, 0.3) is 5.57 Å². The Morgan fingerprint density at radius 3 is 2.33 bits per heavy atom. The minimum Gasteiger partial charge on any atom is -0.494 e. The van der Waals surface area contributed by atoms with Gasteiger partial charge in [-0.05, 0) is 48.1 Å². The molecule has 2 aliphatic rings. The third-order valence-corrected chi connectivity index (χ3v) is 5.65. The lowest BCUT2D eigenvalue weighted by atomic mass is 9.98. The fraction of sp³-hybridized carbons (Fsp3) is 0.360. The van der Waals surface area contributed by atoms with Crippen molar-refractivity contribution < 1.29 is 14.3 Å². The van der Waals surface area contributed by atoms with Crippen molar-refractivity contribution in [2.24, 2.45) is 0 Å². The van der Waals surface area contributed by atoms with E-state index in [9.17, 15) is 9.59 Å². The standard InChI is InChI=1S/C25H28N2O3/c1-3-14-27-24(28)22(19-9-11-21(12-10-19)30-16-4-2)23(25(27)29)26-15-13-18-7-5-6-8-20(18)17-26/h5-12H,3-4,13-17H2,1-2H3. The molecule has 0 aliphatic carbocycles. The summed E-state index contributed by atoms with van der Waals surface area (Å²) >= 11 is 0. The van der Waals surface area contributed by atoms with Gasteiger partial charge in [0.2, 0.25) is 0 Å². The lowest BCUT2D eigenvalue weighted by Gasteiger charge is -2.31. The maximum atomic E-state index is 13.3. The van der Waals surface area contributed by atoms with E-state index in [2.05, 4.69) is 30.0 Å². The molecule has 5 heteroatoms. The van der Waals surface area contributed by atoms with Crippen molar-refractivity contribution in [3.63, 3.8) is 0 Å². The quantitative estimate of drug-likeness (QED) is 0.654. The fourth-order valence-electron chi connectivity index (χ4n) is 4.17. The summed E-state index contributed by atoms with van der Waals surface area (Å²) in [6, 6.07) is 15.8. The first-order valence-electron chi connectivity index (χ1n) is 10.8. The zero-order chi connectivity index (χ0) is 21.1. The monoisotopic (exact) mass is 404 g/mol. The number of benzene rings is 2. The number of hydrogen-bond acceptors (Lipinski definition) is 4. The van der Waals surface area contributed by atoms with Crippen LogP contribution >= 0.6 is 0 Å². The van der Waals surface area contributed by atoms with E-state index < -0.39 is 0 Å². The lowest BCUT2D eigenvalue weighted by Crippen LogP contribution is -2.37. The molecule has 0 fully saturated rings. The number of imide groups is 1. The molecule has 2 amide bonds. The highest BCUT2D eigenvalue weighted by Gasteiger charge is 2.41. The molecule has 30 heavy (non-hydrogen) atoms. The number of hydrogen-bond donors (Lipinski definition) is 0. The number of nitrogens with zero attached hydrogens (tertiary/aromatic N) is 2. The molecule has 0 unspecified atom stereocenters. The van der Waals surface area contributed by atoms with Gasteiger partial charge in [-0.25, -0.2) is 0 Å². The maximum Gasteiger partial charge on any atom is 0.277 e. The fourth-order valence-corrected chi connectivity index (χ4v) is 4.17. The Labute approximate surface area is 177 Å². The van der Waals surface area contributed by atoms with Gasteiger partial charge in [-0.3, -0.25) is 14.5 Å². The smallest absolute Gasteiger partial charge is 0.277 e. The van der Waals surface area contributed by atoms with Crippen LogP contribution in [0.3, 0.4) is 0 Å². The van der Waals surface area contributed by atoms with Gasteiger partial charge in [0.1, 0.15) is 11.4 Å². The molecule has 0 atom stereocenters. The number of carbonyl (C=O) groups excluding carboxylic acids is 2. The molecule has 0 spiro atoms. The topological polar surface area (TPSA) is 49.9 Å². The van der Waals surface area contributed by atoms with Gasteiger partial charge < -0.3 is 9.64 Å². The van der Waals surface area contributed by atoms with Crippen LogP contribution in [0.1, 0.15) is 43.4 Å². The summed E-state index contributed by atoms with van der Waals surface area (Å²) in [5.41, 5.74) is 4.34. The summed E-state index contributed by atoms with van der Waals surface area (Å²) in [5.74, 6) is 0.400. The minimum absolute atomic E-state index is 0.178. The average molecular weight is 405 g/mol. The summed E-state index contributed by atoms with van der Waals surface area (Å²) in [4.78, 5) is 30.0. The molecule has 4 rings (SSSR count). The van der Waals surface area contributed by atoms with Crippen LogP contribution in [-0.4, -0.2) is 41.3 Å². The zero-order valence-electron chi connectivity index (χ0n) is 17.7. The third-order valence-electron chi connectivity index (χ3n) is 5.65. The number of fused-ring (bicyclic) bond motifs is 1. The number of ether oxygens (including phenoxy) is 1. The van der Waals surface area contributed by atoms with Gasteiger partial charge in [0.05, 0.1) is 12.2 Å². The van der Waals surface area contributed by atoms with Gasteiger partial charge in [-0.2, -0.15) is 0 Å². The highest BCUT2D eigenvalue weighted by atomic mass is 16.5. The van der Waals surface area contributed by atoms with E-state index in [1.165, 1.54) is 16.0 Å². The number of rotatable bonds is 7. The normalized spacial score (nSPS) is 16.3. The van der Waals surface area contributed by atoms with Gasteiger partial charge in [-0.1, -0.05) is 50.2 Å². The van der Waals surface area contributed by atoms with E-state index in [0.717, 1.165) is 37.1 Å². The number of carbonyl (C=O) groups is 2. The molecular weight excluding hydrogens is 376 g/mol. The summed E-state index contributed by atoms with van der Waals surface area (Å²) in [6.45, 7) is 6.51. The molecule has 5 nitrogen and oxygen atoms in total. The van der Waals surface area contributed by atoms with E-state index in [-0.39, 0.29) is 11.8 Å². The molecule has 0 saturated heterocycles. The van der Waals surface area contributed by atoms with E-state index in [1.54, 1.807) is 0 Å². The highest BCUT2D eigenvalue weighted by Crippen LogP contribution is 2.35. The first kappa shape index (κ1) is 20.2. The Kier molecular flexibility index (Phi) is 5.88. The zero-order valence-corrected chi connectivity index (χ0v) is 17.7. The van der Waals surface area contributed by atoms with Crippen LogP contribution in [0.4, 0.5) is 0 Å². The van der Waals surface area contributed by atoms with Crippen molar-refractivity contribution in [3.8, 4) is 5.75 Å². The van der Waals surface area contributed by atoms with Crippen LogP contribution < -0.4 is 4.74 Å². The molecule has 2 aromatic carbocycles. The van der Waals surface area contributed by atoms with Gasteiger partial charge in [0, 0.05) is 19.6 Å². The summed E-state index contributed by atoms with van der Waals surface area (Å²) in [7, 11) is 0. The molecule has 2 heterocycles. The Bertz CT molecular complexity index is 978. The predicted molar refractivity (Wildman–Crippen MR) is 117 cm³/mol. The summed E-state index contributed by atoms with van der Waals surface area (Å²) in [5, 5.41) is 0. The van der Waals surface area contributed by atoms with Crippen LogP contribution in [0.15, 0.2) is 54.2 Å². The molecule has 156 valence electrons. The Balaban J connectivity index is 1.72. The van der Waals surface area contributed by atoms with E-state index in [1.807, 2.05) is 37.3 Å². The van der Waals surface area contributed by atoms with Crippen molar-refractivity contribution in [2.45, 2.75) is 39.7 Å². The van der Waals surface area contributed by atoms with Crippen LogP contribution in [0, 0.1) is 0 Å². The van der Waals surface area contributed by atoms with Gasteiger partial charge >= 0.3 is 0 Å². The van der Waals surface area contributed by atoms with Crippen molar-refractivity contribution >= 4 is 17.4 Å². The second kappa shape index (κ2) is 8.74. The first-order chi connectivity index (χ1) is 14.6. The molecular formula is C25H28N2O3. The third kappa shape index (κ3) is 3.72. The molecule has 2 aliphatic heterocycles. The van der Waals surface area contributed by atoms with Gasteiger partial charge in [0.25, 0.3) is 11.8 Å². The second-order valence-electron chi connectivity index (χ2n) is 7.80. The maximum absolute atomic E-state index is 13.3. The van der Waals surface area contributed by atoms with Crippen molar-refractivity contribution in [3.05, 3.63) is 70.9 Å². The predicted octanol–water partition coefficient (Wildman–Crippen LogP) is 4.02. The lowest BCUT2D eigenvalue weighted by molar-refractivity contribution is -0.137. The molecule has 0 bridgehead atoms. The van der Waals surface area contributed by atoms with E-state index in [0.29, 0.717) is 31.0 Å². The Hall–Kier alpha value is -3.08. The van der Waals surface area contributed by atoms with E-state index in [4.69, 9.17) is 4.74 Å². The molecule has 0 aromatic heterocycles. The summed E-state index contributed by atoms with van der Waals surface area (Å²) in [6.07, 6.45) is 2.54. The molecule has 0 radical (unpaired) electrons. The second-order valence-corrected chi connectivity index (χ2v) is 7.80. The number of amides is 2. The molecule has 0 saturated carbocycles. The largest absolute Gasteiger partial charge is 0.494 e. The first-order valence-corrected chi connectivity index (χ1v) is 10.8. The molecule has 2 aromatic rings. The van der Waals surface area contributed by atoms with Crippen molar-refractivity contribution in [2.75, 3.05) is 19.7 Å². The van der Waals surface area contributed by atoms with Gasteiger partial charge in [-0.15, -0.1) is 0 Å². The van der Waals surface area contributed by atoms with Crippen molar-refractivity contribution in [1.29, 1.82) is 0 Å². The minimum atomic E-state index is -0.196. The van der Waals surface area contributed by atoms with Crippen molar-refractivity contribution in [1.82, 2.24) is 9.80 Å².